The number of nitriles is 1. The lowest BCUT2D eigenvalue weighted by molar-refractivity contribution is 0.396. The number of fused-ring (bicyclic) bond motifs is 2. The van der Waals surface area contributed by atoms with E-state index in [1.807, 2.05) is 0 Å². The molecule has 0 unspecified atom stereocenters. The van der Waals surface area contributed by atoms with Crippen LogP contribution >= 0.6 is 22.7 Å². The second-order valence-electron chi connectivity index (χ2n) is 17.4. The van der Waals surface area contributed by atoms with Gasteiger partial charge in [-0.2, -0.15) is 48.7 Å². The molecule has 392 valence electrons. The molecular formula is C47H46N10O12S6. The van der Waals surface area contributed by atoms with E-state index in [1.54, 1.807) is 90.6 Å². The number of hydrogen-bond acceptors (Lipinski definition) is 21. The Bertz CT molecular complexity index is 4240. The number of nitrogens with one attached hydrogen (secondary N) is 1. The van der Waals surface area contributed by atoms with Crippen molar-refractivity contribution in [2.24, 2.45) is 10.2 Å². The predicted octanol–water partition coefficient (Wildman–Crippen LogP) is 9.90. The molecular weight excluding hydrogens is 1090 g/mol. The summed E-state index contributed by atoms with van der Waals surface area (Å²) in [6, 6.07) is 16.1. The van der Waals surface area contributed by atoms with Crippen molar-refractivity contribution >= 4 is 123 Å². The molecule has 0 amide bonds. The number of benzene rings is 4. The summed E-state index contributed by atoms with van der Waals surface area (Å²) >= 11 is 2.19. The van der Waals surface area contributed by atoms with Crippen molar-refractivity contribution < 1.29 is 51.1 Å². The number of anilines is 5. The number of pyridine rings is 1. The molecule has 0 aliphatic heterocycles. The fourth-order valence-electron chi connectivity index (χ4n) is 8.75. The molecule has 0 saturated carbocycles. The Morgan fingerprint density at radius 2 is 1.35 bits per heavy atom. The molecule has 4 heterocycles. The molecule has 0 atom stereocenters. The Morgan fingerprint density at radius 1 is 0.707 bits per heavy atom. The summed E-state index contributed by atoms with van der Waals surface area (Å²) in [6.07, 6.45) is 0. The molecule has 0 fully saturated rings. The first-order valence-electron chi connectivity index (χ1n) is 22.1. The third kappa shape index (κ3) is 10.9. The largest absolute Gasteiger partial charge is 0.338 e. The first-order chi connectivity index (χ1) is 35.0. The quantitative estimate of drug-likeness (QED) is 0.0460. The van der Waals surface area contributed by atoms with E-state index in [1.165, 1.54) is 28.9 Å². The molecule has 4 aromatic heterocycles. The molecule has 0 saturated heterocycles. The SMILES string of the molecule is COS(=O)(=O)c1ccc2nc(N(c3cc(C)c(N=Nc4c(C#N)c(C)nn4-c4nc5ccc(CS(=O)(=O)O)cc5s4)c(Nc4c(C)cc(C)c(CS(=O)(=O)O)c4C)n3)c3c(C)cc(C)c(S(=O)(=O)OC)c3C)sc2c1. The maximum atomic E-state index is 13.6. The van der Waals surface area contributed by atoms with E-state index in [2.05, 4.69) is 26.6 Å². The second-order valence-corrected chi connectivity index (χ2v) is 25.7. The first-order valence-corrected chi connectivity index (χ1v) is 29.7. The predicted molar refractivity (Wildman–Crippen MR) is 284 cm³/mol. The molecule has 0 bridgehead atoms. The van der Waals surface area contributed by atoms with E-state index in [0.717, 1.165) is 36.9 Å². The maximum absolute atomic E-state index is 13.6. The Kier molecular flexibility index (Phi) is 14.7. The normalized spacial score (nSPS) is 12.6. The molecule has 4 aromatic carbocycles. The summed E-state index contributed by atoms with van der Waals surface area (Å²) in [6.45, 7) is 13.5. The highest BCUT2D eigenvalue weighted by Crippen LogP contribution is 2.47. The molecule has 8 aromatic rings. The van der Waals surface area contributed by atoms with Gasteiger partial charge in [-0.15, -0.1) is 10.2 Å². The van der Waals surface area contributed by atoms with Crippen LogP contribution in [-0.4, -0.2) is 81.7 Å². The van der Waals surface area contributed by atoms with Gasteiger partial charge in [0.25, 0.3) is 40.5 Å². The average molecular weight is 1140 g/mol. The van der Waals surface area contributed by atoms with Crippen molar-refractivity contribution in [3.05, 3.63) is 116 Å². The number of aromatic nitrogens is 5. The van der Waals surface area contributed by atoms with Crippen LogP contribution in [-0.2, 0) is 60.3 Å². The lowest BCUT2D eigenvalue weighted by atomic mass is 9.98. The smallest absolute Gasteiger partial charge is 0.297 e. The van der Waals surface area contributed by atoms with Crippen molar-refractivity contribution in [1.29, 1.82) is 5.26 Å². The van der Waals surface area contributed by atoms with Gasteiger partial charge in [-0.05, 0) is 142 Å². The number of nitrogens with zero attached hydrogens (tertiary/aromatic N) is 9. The Balaban J connectivity index is 1.40. The molecule has 0 spiro atoms. The standard InChI is InChI=1S/C47H46N10O12S6/c1-23-15-24(2)40(28(6)34(23)22-73(61,62)63)52-44-41(53-54-45-33(20-48)30(8)55-57(45)47-50-35-13-11-31(18-37(35)71-47)21-72(58,59)60)25(3)17-39(51-44)56(42-26(4)16-27(5)43(29(42)7)75(66,67)69-10)46-49-36-14-12-32(19-38(36)70-46)74(64,65)68-9/h11-19H,21-22H2,1-10H3,(H,51,52)(H,58,59,60)(H,61,62,63). The zero-order valence-electron chi connectivity index (χ0n) is 41.6. The third-order valence-corrected chi connectivity index (χ3v) is 18.3. The molecule has 3 N–H and O–H groups in total. The number of thiazole rings is 2. The van der Waals surface area contributed by atoms with E-state index in [4.69, 9.17) is 23.4 Å². The van der Waals surface area contributed by atoms with E-state index in [9.17, 15) is 48.0 Å². The van der Waals surface area contributed by atoms with Crippen LogP contribution in [0.1, 0.15) is 61.3 Å². The lowest BCUT2D eigenvalue weighted by Crippen LogP contribution is -2.18. The van der Waals surface area contributed by atoms with Crippen molar-refractivity contribution in [1.82, 2.24) is 24.7 Å². The van der Waals surface area contributed by atoms with Gasteiger partial charge in [0, 0.05) is 5.69 Å². The fraction of sp³-hybridized carbons (Fsp3) is 0.255. The minimum absolute atomic E-state index is 0.0148. The average Bonchev–Trinajstić information content (AvgIpc) is 4.03. The Morgan fingerprint density at radius 3 is 2.00 bits per heavy atom. The van der Waals surface area contributed by atoms with Crippen LogP contribution in [0.3, 0.4) is 0 Å². The van der Waals surface area contributed by atoms with Gasteiger partial charge in [-0.25, -0.2) is 15.0 Å². The van der Waals surface area contributed by atoms with Gasteiger partial charge in [0.2, 0.25) is 5.13 Å². The van der Waals surface area contributed by atoms with E-state index >= 15 is 0 Å². The summed E-state index contributed by atoms with van der Waals surface area (Å²) in [5, 5.41) is 28.1. The maximum Gasteiger partial charge on any atom is 0.297 e. The molecule has 0 radical (unpaired) electrons. The Hall–Kier alpha value is -6.65. The van der Waals surface area contributed by atoms with Crippen LogP contribution < -0.4 is 10.2 Å². The third-order valence-electron chi connectivity index (χ3n) is 12.1. The van der Waals surface area contributed by atoms with Crippen LogP contribution in [0, 0.1) is 66.7 Å². The van der Waals surface area contributed by atoms with Gasteiger partial charge in [-0.3, -0.25) is 22.4 Å². The van der Waals surface area contributed by atoms with Gasteiger partial charge in [0.05, 0.1) is 50.9 Å². The molecule has 0 aliphatic carbocycles. The molecule has 8 rings (SSSR count). The van der Waals surface area contributed by atoms with Crippen LogP contribution in [0.15, 0.2) is 74.6 Å². The molecule has 28 heteroatoms. The number of hydrogen-bond donors (Lipinski definition) is 3. The Labute approximate surface area is 440 Å². The summed E-state index contributed by atoms with van der Waals surface area (Å²) in [4.78, 5) is 16.1. The number of rotatable bonds is 16. The van der Waals surface area contributed by atoms with Gasteiger partial charge >= 0.3 is 0 Å². The highest BCUT2D eigenvalue weighted by atomic mass is 32.2. The van der Waals surface area contributed by atoms with Crippen molar-refractivity contribution in [3.63, 3.8) is 0 Å². The topological polar surface area (TPSA) is 316 Å². The van der Waals surface area contributed by atoms with E-state index < -0.39 is 52.0 Å². The fourth-order valence-corrected chi connectivity index (χ4v) is 14.0. The monoisotopic (exact) mass is 1130 g/mol. The summed E-state index contributed by atoms with van der Waals surface area (Å²) < 4.78 is 133. The number of azo groups is 1. The first kappa shape index (κ1) is 54.6. The highest BCUT2D eigenvalue weighted by Gasteiger charge is 2.31. The van der Waals surface area contributed by atoms with E-state index in [0.29, 0.717) is 76.3 Å². The minimum atomic E-state index is -4.51. The summed E-state index contributed by atoms with van der Waals surface area (Å²) in [7, 11) is -15.2. The number of aryl methyl sites for hydroxylation is 6. The molecule has 0 aliphatic rings. The van der Waals surface area contributed by atoms with Crippen molar-refractivity contribution in [2.45, 2.75) is 76.7 Å². The van der Waals surface area contributed by atoms with Crippen molar-refractivity contribution in [2.75, 3.05) is 24.4 Å². The van der Waals surface area contributed by atoms with Gasteiger partial charge in [0.15, 0.2) is 16.8 Å². The molecule has 22 nitrogen and oxygen atoms in total. The van der Waals surface area contributed by atoms with Crippen LogP contribution in [0.4, 0.5) is 39.6 Å². The van der Waals surface area contributed by atoms with Gasteiger partial charge < -0.3 is 5.32 Å². The molecule has 75 heavy (non-hydrogen) atoms. The minimum Gasteiger partial charge on any atom is -0.338 e. The van der Waals surface area contributed by atoms with E-state index in [-0.39, 0.29) is 60.0 Å². The van der Waals surface area contributed by atoms with Crippen molar-refractivity contribution in [3.8, 4) is 11.2 Å². The van der Waals surface area contributed by atoms with Gasteiger partial charge in [-0.1, -0.05) is 40.9 Å². The lowest BCUT2D eigenvalue weighted by Gasteiger charge is -2.28. The summed E-state index contributed by atoms with van der Waals surface area (Å²) in [5.41, 5.74) is 5.87. The summed E-state index contributed by atoms with van der Waals surface area (Å²) in [5.74, 6) is -1.22. The zero-order valence-corrected chi connectivity index (χ0v) is 46.5. The van der Waals surface area contributed by atoms with Crippen LogP contribution in [0.5, 0.6) is 0 Å². The van der Waals surface area contributed by atoms with Crippen LogP contribution in [0.2, 0.25) is 0 Å². The zero-order chi connectivity index (χ0) is 54.9. The second kappa shape index (κ2) is 20.1. The van der Waals surface area contributed by atoms with Gasteiger partial charge in [0.1, 0.15) is 39.5 Å². The van der Waals surface area contributed by atoms with Crippen LogP contribution in [0.25, 0.3) is 25.6 Å². The highest BCUT2D eigenvalue weighted by molar-refractivity contribution is 7.87.